The van der Waals surface area contributed by atoms with Gasteiger partial charge in [0.15, 0.2) is 9.84 Å². The lowest BCUT2D eigenvalue weighted by Crippen LogP contribution is -2.08. The summed E-state index contributed by atoms with van der Waals surface area (Å²) in [7, 11) is -3.53. The van der Waals surface area contributed by atoms with E-state index in [1.807, 2.05) is 5.38 Å². The van der Waals surface area contributed by atoms with Crippen molar-refractivity contribution in [3.8, 4) is 0 Å². The van der Waals surface area contributed by atoms with E-state index in [1.165, 1.54) is 29.5 Å². The Morgan fingerprint density at radius 3 is 2.63 bits per heavy atom. The van der Waals surface area contributed by atoms with Gasteiger partial charge < -0.3 is 5.11 Å². The van der Waals surface area contributed by atoms with Crippen LogP contribution in [0.15, 0.2) is 39.9 Å². The van der Waals surface area contributed by atoms with Gasteiger partial charge in [0.2, 0.25) is 0 Å². The molecule has 19 heavy (non-hydrogen) atoms. The molecule has 2 rings (SSSR count). The van der Waals surface area contributed by atoms with E-state index in [1.54, 1.807) is 18.4 Å². The fourth-order valence-electron chi connectivity index (χ4n) is 1.74. The zero-order valence-electron chi connectivity index (χ0n) is 10.2. The third-order valence-corrected chi connectivity index (χ3v) is 5.26. The molecule has 2 aromatic rings. The predicted molar refractivity (Wildman–Crippen MR) is 73.3 cm³/mol. The number of carbonyl (C=O) groups is 1. The van der Waals surface area contributed by atoms with Crippen molar-refractivity contribution in [3.63, 3.8) is 0 Å². The smallest absolute Gasteiger partial charge is 0.335 e. The van der Waals surface area contributed by atoms with Crippen LogP contribution in [-0.2, 0) is 15.6 Å². The number of thiophene rings is 1. The Hall–Kier alpha value is -1.66. The Morgan fingerprint density at radius 2 is 2.05 bits per heavy atom. The van der Waals surface area contributed by atoms with Gasteiger partial charge in [-0.15, -0.1) is 0 Å². The largest absolute Gasteiger partial charge is 0.478 e. The van der Waals surface area contributed by atoms with Gasteiger partial charge in [-0.2, -0.15) is 11.3 Å². The minimum atomic E-state index is -3.53. The molecule has 0 aliphatic rings. The molecular weight excluding hydrogens is 284 g/mol. The second-order valence-electron chi connectivity index (χ2n) is 4.18. The number of aryl methyl sites for hydroxylation is 1. The first kappa shape index (κ1) is 13.8. The molecule has 0 fully saturated rings. The van der Waals surface area contributed by atoms with E-state index >= 15 is 0 Å². The van der Waals surface area contributed by atoms with Crippen LogP contribution in [0.25, 0.3) is 0 Å². The molecule has 0 aliphatic heterocycles. The normalized spacial score (nSPS) is 11.4. The molecule has 0 unspecified atom stereocenters. The van der Waals surface area contributed by atoms with Crippen molar-refractivity contribution in [1.82, 2.24) is 0 Å². The first-order valence-electron chi connectivity index (χ1n) is 5.48. The van der Waals surface area contributed by atoms with Crippen LogP contribution in [0.1, 0.15) is 21.5 Å². The van der Waals surface area contributed by atoms with Gasteiger partial charge in [-0.25, -0.2) is 13.2 Å². The summed E-state index contributed by atoms with van der Waals surface area (Å²) in [6.45, 7) is 1.66. The topological polar surface area (TPSA) is 71.4 Å². The summed E-state index contributed by atoms with van der Waals surface area (Å²) in [4.78, 5) is 11.0. The van der Waals surface area contributed by atoms with Crippen LogP contribution in [0, 0.1) is 6.92 Å². The second kappa shape index (κ2) is 5.14. The van der Waals surface area contributed by atoms with Gasteiger partial charge in [0.1, 0.15) is 0 Å². The zero-order valence-corrected chi connectivity index (χ0v) is 11.8. The average molecular weight is 296 g/mol. The summed E-state index contributed by atoms with van der Waals surface area (Å²) in [5.74, 6) is -1.24. The Bertz CT molecular complexity index is 700. The summed E-state index contributed by atoms with van der Waals surface area (Å²) < 4.78 is 24.6. The molecule has 6 heteroatoms. The summed E-state index contributed by atoms with van der Waals surface area (Å²) >= 11 is 1.43. The predicted octanol–water partition coefficient (Wildman–Crippen LogP) is 2.73. The molecule has 1 aromatic carbocycles. The standard InChI is InChI=1S/C13H12O4S2/c1-9-2-3-11(13(14)15)6-12(9)19(16,17)8-10-4-5-18-7-10/h2-7H,8H2,1H3,(H,14,15). The molecule has 1 heterocycles. The quantitative estimate of drug-likeness (QED) is 0.941. The van der Waals surface area contributed by atoms with Crippen LogP contribution < -0.4 is 0 Å². The highest BCUT2D eigenvalue weighted by molar-refractivity contribution is 7.90. The number of hydrogen-bond donors (Lipinski definition) is 1. The van der Waals surface area contributed by atoms with Crippen LogP contribution in [0.4, 0.5) is 0 Å². The van der Waals surface area contributed by atoms with Crippen molar-refractivity contribution in [2.75, 3.05) is 0 Å². The van der Waals surface area contributed by atoms with Crippen LogP contribution in [0.5, 0.6) is 0 Å². The highest BCUT2D eigenvalue weighted by Gasteiger charge is 2.19. The van der Waals surface area contributed by atoms with Crippen LogP contribution >= 0.6 is 11.3 Å². The number of aromatic carboxylic acids is 1. The summed E-state index contributed by atoms with van der Waals surface area (Å²) in [5.41, 5.74) is 1.25. The number of carboxylic acids is 1. The van der Waals surface area contributed by atoms with Crippen molar-refractivity contribution >= 4 is 27.1 Å². The van der Waals surface area contributed by atoms with E-state index in [0.29, 0.717) is 11.1 Å². The fourth-order valence-corrected chi connectivity index (χ4v) is 4.15. The maximum Gasteiger partial charge on any atom is 0.335 e. The van der Waals surface area contributed by atoms with Crippen molar-refractivity contribution in [3.05, 3.63) is 51.7 Å². The number of carboxylic acid groups (broad SMARTS) is 1. The van der Waals surface area contributed by atoms with Crippen molar-refractivity contribution in [2.45, 2.75) is 17.6 Å². The highest BCUT2D eigenvalue weighted by Crippen LogP contribution is 2.22. The van der Waals surface area contributed by atoms with Gasteiger partial charge >= 0.3 is 5.97 Å². The summed E-state index contributed by atoms with van der Waals surface area (Å²) in [6, 6.07) is 5.89. The van der Waals surface area contributed by atoms with E-state index in [2.05, 4.69) is 0 Å². The molecule has 0 atom stereocenters. The monoisotopic (exact) mass is 296 g/mol. The molecule has 1 N–H and O–H groups in total. The third kappa shape index (κ3) is 3.02. The Kier molecular flexibility index (Phi) is 3.73. The first-order valence-corrected chi connectivity index (χ1v) is 8.07. The maximum absolute atomic E-state index is 12.3. The highest BCUT2D eigenvalue weighted by atomic mass is 32.2. The molecule has 0 amide bonds. The minimum absolute atomic E-state index is 0.0190. The van der Waals surface area contributed by atoms with Crippen molar-refractivity contribution < 1.29 is 18.3 Å². The van der Waals surface area contributed by atoms with Gasteiger partial charge in [0.25, 0.3) is 0 Å². The van der Waals surface area contributed by atoms with Gasteiger partial charge in [-0.3, -0.25) is 0 Å². The van der Waals surface area contributed by atoms with Crippen LogP contribution in [0.3, 0.4) is 0 Å². The molecule has 100 valence electrons. The second-order valence-corrected chi connectivity index (χ2v) is 6.91. The Balaban J connectivity index is 2.45. The SMILES string of the molecule is Cc1ccc(C(=O)O)cc1S(=O)(=O)Cc1ccsc1. The van der Waals surface area contributed by atoms with Gasteiger partial charge in [-0.1, -0.05) is 6.07 Å². The van der Waals surface area contributed by atoms with Crippen LogP contribution in [-0.4, -0.2) is 19.5 Å². The summed E-state index contributed by atoms with van der Waals surface area (Å²) in [6.07, 6.45) is 0. The number of rotatable bonds is 4. The van der Waals surface area contributed by atoms with E-state index in [-0.39, 0.29) is 16.2 Å². The van der Waals surface area contributed by atoms with E-state index in [4.69, 9.17) is 5.11 Å². The third-order valence-electron chi connectivity index (χ3n) is 2.71. The molecule has 0 saturated heterocycles. The van der Waals surface area contributed by atoms with Crippen molar-refractivity contribution in [2.24, 2.45) is 0 Å². The molecule has 0 spiro atoms. The number of benzene rings is 1. The van der Waals surface area contributed by atoms with E-state index in [0.717, 1.165) is 0 Å². The van der Waals surface area contributed by atoms with Gasteiger partial charge in [-0.05, 0) is 47.0 Å². The van der Waals surface area contributed by atoms with Gasteiger partial charge in [0.05, 0.1) is 16.2 Å². The molecule has 1 aromatic heterocycles. The number of sulfone groups is 1. The Morgan fingerprint density at radius 1 is 1.32 bits per heavy atom. The lowest BCUT2D eigenvalue weighted by molar-refractivity contribution is 0.0696. The molecule has 4 nitrogen and oxygen atoms in total. The number of hydrogen-bond acceptors (Lipinski definition) is 4. The van der Waals surface area contributed by atoms with E-state index in [9.17, 15) is 13.2 Å². The van der Waals surface area contributed by atoms with Gasteiger partial charge in [0, 0.05) is 0 Å². The van der Waals surface area contributed by atoms with Crippen molar-refractivity contribution in [1.29, 1.82) is 0 Å². The lowest BCUT2D eigenvalue weighted by Gasteiger charge is -2.08. The Labute approximate surface area is 115 Å². The molecule has 0 radical (unpaired) electrons. The molecule has 0 saturated carbocycles. The first-order chi connectivity index (χ1) is 8.90. The molecule has 0 bridgehead atoms. The minimum Gasteiger partial charge on any atom is -0.478 e. The maximum atomic E-state index is 12.3. The fraction of sp³-hybridized carbons (Fsp3) is 0.154. The lowest BCUT2D eigenvalue weighted by atomic mass is 10.1. The zero-order chi connectivity index (χ0) is 14.0. The average Bonchev–Trinajstić information content (AvgIpc) is 2.81. The summed E-state index contributed by atoms with van der Waals surface area (Å²) in [5, 5.41) is 12.5. The molecule has 0 aliphatic carbocycles. The molecular formula is C13H12O4S2. The van der Waals surface area contributed by atoms with Crippen LogP contribution in [0.2, 0.25) is 0 Å². The van der Waals surface area contributed by atoms with E-state index < -0.39 is 15.8 Å².